The van der Waals surface area contributed by atoms with Crippen molar-refractivity contribution in [3.63, 3.8) is 0 Å². The first-order valence-electron chi connectivity index (χ1n) is 9.77. The molecule has 0 aromatic heterocycles. The minimum Gasteiger partial charge on any atom is -0.392 e. The molecular formula is C20H38N5O4P. The van der Waals surface area contributed by atoms with Crippen LogP contribution in [0.2, 0.25) is 0 Å². The molecule has 172 valence electrons. The molecule has 30 heavy (non-hydrogen) atoms. The van der Waals surface area contributed by atoms with Crippen LogP contribution in [0.4, 0.5) is 5.69 Å². The van der Waals surface area contributed by atoms with Crippen molar-refractivity contribution < 1.29 is 19.5 Å². The Labute approximate surface area is 182 Å². The highest BCUT2D eigenvalue weighted by molar-refractivity contribution is 7.13. The van der Waals surface area contributed by atoms with E-state index in [0.717, 1.165) is 17.5 Å². The van der Waals surface area contributed by atoms with E-state index in [-0.39, 0.29) is 24.5 Å². The number of anilines is 1. The monoisotopic (exact) mass is 443 g/mol. The summed E-state index contributed by atoms with van der Waals surface area (Å²) in [6.45, 7) is 4.46. The molecule has 3 unspecified atom stereocenters. The lowest BCUT2D eigenvalue weighted by Gasteiger charge is -2.21. The van der Waals surface area contributed by atoms with Gasteiger partial charge in [-0.25, -0.2) is 0 Å². The lowest BCUT2D eigenvalue weighted by molar-refractivity contribution is -0.126. The summed E-state index contributed by atoms with van der Waals surface area (Å²) in [4.78, 5) is 32.8. The molecule has 1 aromatic carbocycles. The molecule has 1 aromatic rings. The van der Waals surface area contributed by atoms with Gasteiger partial charge in [-0.3, -0.25) is 14.7 Å². The van der Waals surface area contributed by atoms with Crippen LogP contribution in [-0.4, -0.2) is 56.4 Å². The third-order valence-corrected chi connectivity index (χ3v) is 4.32. The van der Waals surface area contributed by atoms with Gasteiger partial charge in [-0.05, 0) is 43.5 Å². The van der Waals surface area contributed by atoms with Crippen LogP contribution in [0.1, 0.15) is 32.3 Å². The van der Waals surface area contributed by atoms with E-state index < -0.39 is 6.04 Å². The highest BCUT2D eigenvalue weighted by atomic mass is 31.0. The Balaban J connectivity index is 0. The van der Waals surface area contributed by atoms with Gasteiger partial charge in [-0.2, -0.15) is 0 Å². The SMILES string of the molecule is CC(C)C(NP)C(=O)NC(C=O)CCCNC=O.CN.CNc1ccc(CO)cc1. The highest BCUT2D eigenvalue weighted by Gasteiger charge is 2.22. The first kappa shape index (κ1) is 30.1. The van der Waals surface area contributed by atoms with Crippen molar-refractivity contribution in [3.05, 3.63) is 29.8 Å². The van der Waals surface area contributed by atoms with E-state index in [9.17, 15) is 14.4 Å². The van der Waals surface area contributed by atoms with Gasteiger partial charge in [0.25, 0.3) is 0 Å². The van der Waals surface area contributed by atoms with Crippen molar-refractivity contribution in [2.24, 2.45) is 11.7 Å². The van der Waals surface area contributed by atoms with Gasteiger partial charge in [0.2, 0.25) is 12.3 Å². The van der Waals surface area contributed by atoms with Gasteiger partial charge < -0.3 is 31.6 Å². The van der Waals surface area contributed by atoms with Crippen LogP contribution in [-0.2, 0) is 21.0 Å². The molecule has 0 saturated carbocycles. The molecular weight excluding hydrogens is 405 g/mol. The van der Waals surface area contributed by atoms with Crippen LogP contribution in [0.25, 0.3) is 0 Å². The average molecular weight is 444 g/mol. The molecule has 10 heteroatoms. The lowest BCUT2D eigenvalue weighted by atomic mass is 10.0. The molecule has 0 fully saturated rings. The van der Waals surface area contributed by atoms with Crippen LogP contribution in [0.3, 0.4) is 0 Å². The molecule has 7 N–H and O–H groups in total. The van der Waals surface area contributed by atoms with Gasteiger partial charge in [0.1, 0.15) is 6.29 Å². The quantitative estimate of drug-likeness (QED) is 0.156. The molecule has 9 nitrogen and oxygen atoms in total. The summed E-state index contributed by atoms with van der Waals surface area (Å²) in [5, 5.41) is 19.7. The Bertz CT molecular complexity index is 550. The molecule has 0 radical (unpaired) electrons. The Hall–Kier alpha value is -2.06. The molecule has 0 heterocycles. The number of carbonyl (C=O) groups excluding carboxylic acids is 3. The summed E-state index contributed by atoms with van der Waals surface area (Å²) in [6, 6.07) is 6.81. The normalized spacial score (nSPS) is 11.6. The van der Waals surface area contributed by atoms with Crippen LogP contribution >= 0.6 is 9.39 Å². The van der Waals surface area contributed by atoms with Crippen molar-refractivity contribution >= 4 is 33.7 Å². The molecule has 3 atom stereocenters. The summed E-state index contributed by atoms with van der Waals surface area (Å²) in [5.74, 6) is -0.0630. The van der Waals surface area contributed by atoms with Crippen LogP contribution in [0, 0.1) is 5.92 Å². The summed E-state index contributed by atoms with van der Waals surface area (Å²) in [5.41, 5.74) is 6.51. The zero-order chi connectivity index (χ0) is 23.4. The van der Waals surface area contributed by atoms with Crippen molar-refractivity contribution in [1.29, 1.82) is 0 Å². The Morgan fingerprint density at radius 2 is 1.80 bits per heavy atom. The molecule has 1 rings (SSSR count). The zero-order valence-electron chi connectivity index (χ0n) is 18.4. The number of aldehydes is 1. The highest BCUT2D eigenvalue weighted by Crippen LogP contribution is 2.07. The van der Waals surface area contributed by atoms with Gasteiger partial charge in [-0.1, -0.05) is 35.4 Å². The van der Waals surface area contributed by atoms with Gasteiger partial charge >= 0.3 is 0 Å². The van der Waals surface area contributed by atoms with Crippen molar-refractivity contribution in [1.82, 2.24) is 15.7 Å². The van der Waals surface area contributed by atoms with Gasteiger partial charge in [0.05, 0.1) is 18.7 Å². The Morgan fingerprint density at radius 3 is 2.20 bits per heavy atom. The molecule has 0 aliphatic rings. The number of hydrogen-bond acceptors (Lipinski definition) is 7. The standard InChI is InChI=1S/C11H22N3O3P.C8H11NO.CH5N/c1-8(2)10(14-18)11(17)13-9(6-15)4-3-5-12-7-16;1-9-8-4-2-7(6-10)3-5-8;1-2/h6-10,14H,3-5,18H2,1-2H3,(H,12,16)(H,13,17);2-5,9-10H,6H2,1H3;2H2,1H3. The van der Waals surface area contributed by atoms with Crippen LogP contribution in [0.15, 0.2) is 24.3 Å². The van der Waals surface area contributed by atoms with Gasteiger partial charge in [0, 0.05) is 19.3 Å². The maximum atomic E-state index is 11.9. The smallest absolute Gasteiger partial charge is 0.238 e. The Kier molecular flexibility index (Phi) is 20.3. The molecule has 0 spiro atoms. The van der Waals surface area contributed by atoms with Crippen molar-refractivity contribution in [2.45, 2.75) is 45.4 Å². The predicted octanol–water partition coefficient (Wildman–Crippen LogP) is 0.396. The maximum absolute atomic E-state index is 11.9. The third-order valence-electron chi connectivity index (χ3n) is 3.97. The van der Waals surface area contributed by atoms with Crippen LogP contribution < -0.4 is 26.8 Å². The minimum absolute atomic E-state index is 0.115. The minimum atomic E-state index is -0.509. The van der Waals surface area contributed by atoms with Crippen LogP contribution in [0.5, 0.6) is 0 Å². The van der Waals surface area contributed by atoms with Gasteiger partial charge in [-0.15, -0.1) is 0 Å². The van der Waals surface area contributed by atoms with E-state index in [4.69, 9.17) is 5.11 Å². The maximum Gasteiger partial charge on any atom is 0.238 e. The summed E-state index contributed by atoms with van der Waals surface area (Å²) >= 11 is 0. The first-order chi connectivity index (χ1) is 14.4. The van der Waals surface area contributed by atoms with E-state index in [1.54, 1.807) is 0 Å². The topological polar surface area (TPSA) is 146 Å². The number of aliphatic hydroxyl groups excluding tert-OH is 1. The number of rotatable bonds is 12. The second kappa shape index (κ2) is 20.2. The van der Waals surface area contributed by atoms with Gasteiger partial charge in [0.15, 0.2) is 0 Å². The average Bonchev–Trinajstić information content (AvgIpc) is 2.77. The molecule has 0 aliphatic carbocycles. The number of nitrogens with one attached hydrogen (secondary N) is 4. The number of nitrogens with two attached hydrogens (primary N) is 1. The molecule has 0 aliphatic heterocycles. The number of amides is 2. The fourth-order valence-corrected chi connectivity index (χ4v) is 2.81. The zero-order valence-corrected chi connectivity index (χ0v) is 19.5. The molecule has 2 amide bonds. The lowest BCUT2D eigenvalue weighted by Crippen LogP contribution is -2.48. The number of aliphatic hydroxyl groups is 1. The molecule has 0 saturated heterocycles. The molecule has 0 bridgehead atoms. The number of benzene rings is 1. The van der Waals surface area contributed by atoms with E-state index in [1.807, 2.05) is 45.2 Å². The summed E-state index contributed by atoms with van der Waals surface area (Å²) < 4.78 is 0. The fourth-order valence-electron chi connectivity index (χ4n) is 2.28. The summed E-state index contributed by atoms with van der Waals surface area (Å²) in [7, 11) is 5.68. The number of carbonyl (C=O) groups is 3. The van der Waals surface area contributed by atoms with Crippen molar-refractivity contribution in [3.8, 4) is 0 Å². The van der Waals surface area contributed by atoms with Crippen molar-refractivity contribution in [2.75, 3.05) is 26.0 Å². The summed E-state index contributed by atoms with van der Waals surface area (Å²) in [6.07, 6.45) is 2.49. The fraction of sp³-hybridized carbons (Fsp3) is 0.550. The Morgan fingerprint density at radius 1 is 1.20 bits per heavy atom. The second-order valence-corrected chi connectivity index (χ2v) is 6.79. The second-order valence-electron chi connectivity index (χ2n) is 6.46. The van der Waals surface area contributed by atoms with E-state index in [2.05, 4.69) is 36.2 Å². The van der Waals surface area contributed by atoms with E-state index in [1.165, 1.54) is 7.05 Å². The van der Waals surface area contributed by atoms with E-state index in [0.29, 0.717) is 25.8 Å². The largest absolute Gasteiger partial charge is 0.392 e. The predicted molar refractivity (Wildman–Crippen MR) is 125 cm³/mol. The van der Waals surface area contributed by atoms with E-state index >= 15 is 0 Å². The first-order valence-corrected chi connectivity index (χ1v) is 10.3. The third kappa shape index (κ3) is 14.0. The number of hydrogen-bond donors (Lipinski definition) is 6.